The Kier molecular flexibility index (Phi) is 5.46. The summed E-state index contributed by atoms with van der Waals surface area (Å²) in [5.41, 5.74) is 0.207. The highest BCUT2D eigenvalue weighted by molar-refractivity contribution is 5.92. The summed E-state index contributed by atoms with van der Waals surface area (Å²) in [5.74, 6) is -0.412. The molecule has 2 N–H and O–H groups in total. The van der Waals surface area contributed by atoms with Crippen molar-refractivity contribution in [2.75, 3.05) is 13.2 Å². The summed E-state index contributed by atoms with van der Waals surface area (Å²) in [7, 11) is 0. The maximum atomic E-state index is 12.6. The topological polar surface area (TPSA) is 62.2 Å². The Morgan fingerprint density at radius 1 is 1.45 bits per heavy atom. The monoisotopic (exact) mass is 290 g/mol. The van der Waals surface area contributed by atoms with Crippen molar-refractivity contribution < 1.29 is 27.5 Å². The van der Waals surface area contributed by atoms with Crippen LogP contribution in [0.15, 0.2) is 18.3 Å². The van der Waals surface area contributed by atoms with Gasteiger partial charge in [0.05, 0.1) is 6.54 Å². The first-order chi connectivity index (χ1) is 9.36. The third kappa shape index (κ3) is 4.51. The van der Waals surface area contributed by atoms with Gasteiger partial charge in [-0.05, 0) is 12.1 Å². The molecule has 0 atom stereocenters. The number of nitrogens with zero attached hydrogens (tertiary/aromatic N) is 1. The Hall–Kier alpha value is -2.14. The van der Waals surface area contributed by atoms with Crippen molar-refractivity contribution in [2.24, 2.45) is 0 Å². The van der Waals surface area contributed by atoms with Gasteiger partial charge < -0.3 is 10.4 Å². The maximum Gasteiger partial charge on any atom is 0.324 e. The number of carbonyl (C=O) groups is 1. The first-order valence-corrected chi connectivity index (χ1v) is 5.37. The van der Waals surface area contributed by atoms with E-state index in [2.05, 4.69) is 16.8 Å². The molecule has 1 aromatic rings. The molecule has 8 heteroatoms. The van der Waals surface area contributed by atoms with Crippen LogP contribution in [0.3, 0.4) is 0 Å². The first-order valence-electron chi connectivity index (χ1n) is 5.37. The number of hydrogen-bond acceptors (Lipinski definition) is 3. The molecule has 0 aliphatic rings. The molecule has 1 amide bonds. The van der Waals surface area contributed by atoms with Gasteiger partial charge in [0.1, 0.15) is 12.3 Å². The van der Waals surface area contributed by atoms with Crippen molar-refractivity contribution in [2.45, 2.75) is 12.3 Å². The van der Waals surface area contributed by atoms with E-state index in [4.69, 9.17) is 5.11 Å². The fourth-order valence-corrected chi connectivity index (χ4v) is 1.11. The number of alkyl halides is 4. The van der Waals surface area contributed by atoms with Crippen LogP contribution in [-0.2, 0) is 0 Å². The van der Waals surface area contributed by atoms with Crippen molar-refractivity contribution in [3.8, 4) is 11.8 Å². The average molecular weight is 290 g/mol. The lowest BCUT2D eigenvalue weighted by molar-refractivity contribution is -0.123. The van der Waals surface area contributed by atoms with Crippen molar-refractivity contribution in [1.29, 1.82) is 0 Å². The zero-order chi connectivity index (χ0) is 15.2. The van der Waals surface area contributed by atoms with E-state index in [-0.39, 0.29) is 12.3 Å². The molecule has 0 bridgehead atoms. The molecule has 0 saturated heterocycles. The highest BCUT2D eigenvalue weighted by Gasteiger charge is 2.40. The van der Waals surface area contributed by atoms with Crippen molar-refractivity contribution in [3.05, 3.63) is 29.6 Å². The van der Waals surface area contributed by atoms with Gasteiger partial charge in [-0.1, -0.05) is 11.8 Å². The van der Waals surface area contributed by atoms with Gasteiger partial charge >= 0.3 is 12.3 Å². The summed E-state index contributed by atoms with van der Waals surface area (Å²) in [6.07, 6.45) is -2.66. The molecular weight excluding hydrogens is 280 g/mol. The SMILES string of the molecule is O=C(NCC(F)(F)C(F)F)c1ccc(C#CCO)cn1. The van der Waals surface area contributed by atoms with E-state index >= 15 is 0 Å². The van der Waals surface area contributed by atoms with Gasteiger partial charge in [-0.15, -0.1) is 0 Å². The minimum absolute atomic E-state index is 0.204. The zero-order valence-electron chi connectivity index (χ0n) is 10.0. The standard InChI is InChI=1S/C12H10F4N2O2/c13-11(14)12(15,16)7-18-10(20)9-4-3-8(6-17-9)2-1-5-19/h3-4,6,11,19H,5,7H2,(H,18,20). The van der Waals surface area contributed by atoms with Crippen LogP contribution in [0.1, 0.15) is 16.1 Å². The van der Waals surface area contributed by atoms with Crippen molar-refractivity contribution >= 4 is 5.91 Å². The van der Waals surface area contributed by atoms with Gasteiger partial charge in [0.15, 0.2) is 0 Å². The van der Waals surface area contributed by atoms with E-state index in [9.17, 15) is 22.4 Å². The number of aliphatic hydroxyl groups excluding tert-OH is 1. The molecule has 20 heavy (non-hydrogen) atoms. The summed E-state index contributed by atoms with van der Waals surface area (Å²) in [4.78, 5) is 15.1. The minimum Gasteiger partial charge on any atom is -0.384 e. The lowest BCUT2D eigenvalue weighted by Crippen LogP contribution is -2.41. The highest BCUT2D eigenvalue weighted by Crippen LogP contribution is 2.21. The normalized spacial score (nSPS) is 10.9. The molecule has 0 spiro atoms. The van der Waals surface area contributed by atoms with Gasteiger partial charge in [0, 0.05) is 11.8 Å². The molecule has 4 nitrogen and oxygen atoms in total. The van der Waals surface area contributed by atoms with E-state index in [0.717, 1.165) is 0 Å². The molecule has 0 aliphatic carbocycles. The summed E-state index contributed by atoms with van der Waals surface area (Å²) in [6.45, 7) is -1.82. The van der Waals surface area contributed by atoms with Gasteiger partial charge in [0.2, 0.25) is 0 Å². The molecule has 108 valence electrons. The third-order valence-corrected chi connectivity index (χ3v) is 2.11. The summed E-state index contributed by atoms with van der Waals surface area (Å²) in [6, 6.07) is 2.59. The Morgan fingerprint density at radius 3 is 2.65 bits per heavy atom. The Balaban J connectivity index is 2.65. The average Bonchev–Trinajstić information content (AvgIpc) is 2.43. The van der Waals surface area contributed by atoms with Crippen molar-refractivity contribution in [1.82, 2.24) is 10.3 Å². The molecule has 1 heterocycles. The van der Waals surface area contributed by atoms with Gasteiger partial charge in [-0.3, -0.25) is 4.79 Å². The highest BCUT2D eigenvalue weighted by atomic mass is 19.3. The lowest BCUT2D eigenvalue weighted by Gasteiger charge is -2.15. The number of hydrogen-bond donors (Lipinski definition) is 2. The van der Waals surface area contributed by atoms with Crippen LogP contribution in [0.2, 0.25) is 0 Å². The molecular formula is C12H10F4N2O2. The fraction of sp³-hybridized carbons (Fsp3) is 0.333. The number of pyridine rings is 1. The van der Waals surface area contributed by atoms with Crippen LogP contribution < -0.4 is 5.32 Å². The second kappa shape index (κ2) is 6.86. The zero-order valence-corrected chi connectivity index (χ0v) is 10.0. The van der Waals surface area contributed by atoms with Crippen LogP contribution in [0.5, 0.6) is 0 Å². The van der Waals surface area contributed by atoms with Gasteiger partial charge in [-0.25, -0.2) is 13.8 Å². The minimum atomic E-state index is -4.29. The number of aliphatic hydroxyl groups is 1. The molecule has 0 aliphatic heterocycles. The predicted octanol–water partition coefficient (Wildman–Crippen LogP) is 1.06. The number of amides is 1. The quantitative estimate of drug-likeness (QED) is 0.644. The smallest absolute Gasteiger partial charge is 0.324 e. The van der Waals surface area contributed by atoms with Crippen LogP contribution >= 0.6 is 0 Å². The van der Waals surface area contributed by atoms with Gasteiger partial charge in [-0.2, -0.15) is 8.78 Å². The van der Waals surface area contributed by atoms with E-state index in [1.807, 2.05) is 0 Å². The van der Waals surface area contributed by atoms with E-state index in [1.54, 1.807) is 5.32 Å². The predicted molar refractivity (Wildman–Crippen MR) is 61.5 cm³/mol. The lowest BCUT2D eigenvalue weighted by atomic mass is 10.2. The molecule has 0 fully saturated rings. The number of rotatable bonds is 4. The Labute approximate surface area is 111 Å². The number of nitrogens with one attached hydrogen (secondary N) is 1. The molecule has 0 unspecified atom stereocenters. The van der Waals surface area contributed by atoms with E-state index in [0.29, 0.717) is 5.56 Å². The number of carbonyl (C=O) groups excluding carboxylic acids is 1. The second-order valence-electron chi connectivity index (χ2n) is 3.64. The number of aromatic nitrogens is 1. The second-order valence-corrected chi connectivity index (χ2v) is 3.64. The molecule has 0 saturated carbocycles. The largest absolute Gasteiger partial charge is 0.384 e. The molecule has 0 aromatic carbocycles. The maximum absolute atomic E-state index is 12.6. The van der Waals surface area contributed by atoms with Crippen LogP contribution in [0.4, 0.5) is 17.6 Å². The van der Waals surface area contributed by atoms with Crippen molar-refractivity contribution in [3.63, 3.8) is 0 Å². The van der Waals surface area contributed by atoms with Gasteiger partial charge in [0.25, 0.3) is 5.91 Å². The molecule has 0 radical (unpaired) electrons. The Bertz CT molecular complexity index is 520. The van der Waals surface area contributed by atoms with Crippen LogP contribution in [-0.4, -0.2) is 41.5 Å². The first kappa shape index (κ1) is 15.9. The number of halogens is 4. The molecule has 1 rings (SSSR count). The third-order valence-electron chi connectivity index (χ3n) is 2.11. The molecule has 1 aromatic heterocycles. The van der Waals surface area contributed by atoms with Crippen LogP contribution in [0.25, 0.3) is 0 Å². The Morgan fingerprint density at radius 2 is 2.15 bits per heavy atom. The van der Waals surface area contributed by atoms with E-state index < -0.39 is 24.8 Å². The summed E-state index contributed by atoms with van der Waals surface area (Å²) in [5, 5.41) is 10.1. The summed E-state index contributed by atoms with van der Waals surface area (Å²) < 4.78 is 49.0. The van der Waals surface area contributed by atoms with Crippen LogP contribution in [0, 0.1) is 11.8 Å². The van der Waals surface area contributed by atoms with E-state index in [1.165, 1.54) is 18.3 Å². The summed E-state index contributed by atoms with van der Waals surface area (Å²) >= 11 is 0. The fourth-order valence-electron chi connectivity index (χ4n) is 1.11.